The summed E-state index contributed by atoms with van der Waals surface area (Å²) in [5.41, 5.74) is 0. The Labute approximate surface area is 53.3 Å². The number of carbonyl (C=O) groups excluding carboxylic acids is 1. The minimum Gasteiger partial charge on any atom is -0.429 e. The van der Waals surface area contributed by atoms with Crippen LogP contribution in [0.5, 0.6) is 0 Å². The number of likely N-dealkylation sites (N-methyl/N-ethyl adjacent to an activating group) is 1. The number of carbonyl (C=O) groups is 1. The van der Waals surface area contributed by atoms with Gasteiger partial charge in [0.25, 0.3) is 0 Å². The Bertz CT molecular complexity index is 123. The molecule has 1 fully saturated rings. The van der Waals surface area contributed by atoms with Crippen LogP contribution in [0.4, 0.5) is 4.79 Å². The fourth-order valence-corrected chi connectivity index (χ4v) is 0.573. The van der Waals surface area contributed by atoms with Crippen LogP contribution in [0.15, 0.2) is 0 Å². The van der Waals surface area contributed by atoms with Crippen LogP contribution in [0, 0.1) is 0 Å². The summed E-state index contributed by atoms with van der Waals surface area (Å²) >= 11 is 0. The lowest BCUT2D eigenvalue weighted by Crippen LogP contribution is -2.29. The van der Waals surface area contributed by atoms with E-state index in [1.807, 2.05) is 14.1 Å². The molecule has 0 aromatic rings. The number of nitrogens with zero attached hydrogens (tertiary/aromatic N) is 1. The largest absolute Gasteiger partial charge is 0.510 e. The lowest BCUT2D eigenvalue weighted by atomic mass is 10.6. The van der Waals surface area contributed by atoms with Gasteiger partial charge in [0.1, 0.15) is 6.61 Å². The van der Waals surface area contributed by atoms with E-state index in [0.717, 1.165) is 0 Å². The van der Waals surface area contributed by atoms with Crippen molar-refractivity contribution in [2.45, 2.75) is 6.23 Å². The fourth-order valence-electron chi connectivity index (χ4n) is 0.573. The number of cyclic esters (lactones) is 2. The van der Waals surface area contributed by atoms with Crippen molar-refractivity contribution in [2.75, 3.05) is 20.7 Å². The molecule has 0 N–H and O–H groups in total. The van der Waals surface area contributed by atoms with E-state index in [1.54, 1.807) is 4.90 Å². The Balaban J connectivity index is 2.39. The van der Waals surface area contributed by atoms with E-state index in [2.05, 4.69) is 9.47 Å². The monoisotopic (exact) mass is 131 g/mol. The number of hydrogen-bond acceptors (Lipinski definition) is 4. The maximum Gasteiger partial charge on any atom is 0.510 e. The topological polar surface area (TPSA) is 38.8 Å². The summed E-state index contributed by atoms with van der Waals surface area (Å²) in [6, 6.07) is 0. The van der Waals surface area contributed by atoms with E-state index < -0.39 is 6.16 Å². The zero-order valence-corrected chi connectivity index (χ0v) is 5.46. The van der Waals surface area contributed by atoms with Gasteiger partial charge in [-0.2, -0.15) is 0 Å². The van der Waals surface area contributed by atoms with Crippen molar-refractivity contribution in [3.63, 3.8) is 0 Å². The molecule has 1 rings (SSSR count). The van der Waals surface area contributed by atoms with Gasteiger partial charge in [0.05, 0.1) is 0 Å². The molecule has 0 amide bonds. The molecule has 0 radical (unpaired) electrons. The van der Waals surface area contributed by atoms with E-state index in [-0.39, 0.29) is 6.23 Å². The zero-order chi connectivity index (χ0) is 6.85. The van der Waals surface area contributed by atoms with E-state index in [9.17, 15) is 4.79 Å². The summed E-state index contributed by atoms with van der Waals surface area (Å²) in [4.78, 5) is 12.1. The molecular weight excluding hydrogens is 122 g/mol. The molecule has 1 aliphatic heterocycles. The van der Waals surface area contributed by atoms with Crippen molar-refractivity contribution >= 4 is 6.16 Å². The van der Waals surface area contributed by atoms with Crippen LogP contribution in [-0.4, -0.2) is 38.0 Å². The maximum absolute atomic E-state index is 10.3. The molecule has 52 valence electrons. The lowest BCUT2D eigenvalue weighted by Gasteiger charge is -2.13. The van der Waals surface area contributed by atoms with E-state index in [4.69, 9.17) is 0 Å². The van der Waals surface area contributed by atoms with Crippen molar-refractivity contribution in [3.05, 3.63) is 0 Å². The summed E-state index contributed by atoms with van der Waals surface area (Å²) in [6.07, 6.45) is -0.772. The van der Waals surface area contributed by atoms with Crippen LogP contribution < -0.4 is 0 Å². The first-order chi connectivity index (χ1) is 4.20. The second kappa shape index (κ2) is 2.23. The van der Waals surface area contributed by atoms with Gasteiger partial charge in [-0.15, -0.1) is 0 Å². The van der Waals surface area contributed by atoms with Gasteiger partial charge >= 0.3 is 6.16 Å². The molecule has 1 heterocycles. The van der Waals surface area contributed by atoms with Crippen LogP contribution in [0.25, 0.3) is 0 Å². The number of hydrogen-bond donors (Lipinski definition) is 0. The first-order valence-electron chi connectivity index (χ1n) is 2.70. The fraction of sp³-hybridized carbons (Fsp3) is 0.800. The van der Waals surface area contributed by atoms with Crippen molar-refractivity contribution < 1.29 is 14.3 Å². The van der Waals surface area contributed by atoms with Gasteiger partial charge in [0, 0.05) is 0 Å². The van der Waals surface area contributed by atoms with Crippen molar-refractivity contribution in [1.82, 2.24) is 4.90 Å². The molecule has 0 saturated carbocycles. The Morgan fingerprint density at radius 3 is 2.56 bits per heavy atom. The summed E-state index contributed by atoms with van der Waals surface area (Å²) in [5.74, 6) is 0. The van der Waals surface area contributed by atoms with Crippen molar-refractivity contribution in [1.29, 1.82) is 0 Å². The second-order valence-corrected chi connectivity index (χ2v) is 2.10. The first-order valence-corrected chi connectivity index (χ1v) is 2.70. The normalized spacial score (nSPS) is 26.1. The highest BCUT2D eigenvalue weighted by molar-refractivity contribution is 5.61. The van der Waals surface area contributed by atoms with Crippen LogP contribution in [-0.2, 0) is 9.47 Å². The van der Waals surface area contributed by atoms with Gasteiger partial charge < -0.3 is 9.47 Å². The summed E-state index contributed by atoms with van der Waals surface area (Å²) in [6.45, 7) is 0.339. The van der Waals surface area contributed by atoms with E-state index in [1.165, 1.54) is 0 Å². The van der Waals surface area contributed by atoms with Crippen molar-refractivity contribution in [3.8, 4) is 0 Å². The van der Waals surface area contributed by atoms with Crippen LogP contribution in [0.1, 0.15) is 0 Å². The quantitative estimate of drug-likeness (QED) is 0.471. The van der Waals surface area contributed by atoms with Crippen LogP contribution in [0.2, 0.25) is 0 Å². The third-order valence-corrected chi connectivity index (χ3v) is 1.15. The molecule has 0 unspecified atom stereocenters. The molecule has 4 nitrogen and oxygen atoms in total. The average Bonchev–Trinajstić information content (AvgIpc) is 2.14. The number of ether oxygens (including phenoxy) is 2. The third-order valence-electron chi connectivity index (χ3n) is 1.15. The van der Waals surface area contributed by atoms with Crippen LogP contribution >= 0.6 is 0 Å². The predicted octanol–water partition coefficient (Wildman–Crippen LogP) is 0.0409. The molecule has 1 saturated heterocycles. The lowest BCUT2D eigenvalue weighted by molar-refractivity contribution is 0.0550. The molecular formula is C5H9NO3. The highest BCUT2D eigenvalue weighted by Crippen LogP contribution is 2.06. The van der Waals surface area contributed by atoms with Crippen molar-refractivity contribution in [2.24, 2.45) is 0 Å². The Hall–Kier alpha value is -0.770. The van der Waals surface area contributed by atoms with E-state index >= 15 is 0 Å². The predicted molar refractivity (Wildman–Crippen MR) is 29.9 cm³/mol. The molecule has 0 bridgehead atoms. The second-order valence-electron chi connectivity index (χ2n) is 2.10. The summed E-state index contributed by atoms with van der Waals surface area (Å²) < 4.78 is 9.21. The highest BCUT2D eigenvalue weighted by atomic mass is 16.8. The van der Waals surface area contributed by atoms with Gasteiger partial charge in [-0.1, -0.05) is 0 Å². The summed E-state index contributed by atoms with van der Waals surface area (Å²) in [5, 5.41) is 0. The highest BCUT2D eigenvalue weighted by Gasteiger charge is 2.25. The molecule has 9 heavy (non-hydrogen) atoms. The SMILES string of the molecule is CN(C)[C@@H]1COC(=O)O1. The first kappa shape index (κ1) is 6.35. The maximum atomic E-state index is 10.3. The Morgan fingerprint density at radius 1 is 1.67 bits per heavy atom. The third kappa shape index (κ3) is 1.32. The number of rotatable bonds is 1. The molecule has 1 atom stereocenters. The molecule has 0 aromatic heterocycles. The van der Waals surface area contributed by atoms with E-state index in [0.29, 0.717) is 6.61 Å². The van der Waals surface area contributed by atoms with Gasteiger partial charge in [-0.25, -0.2) is 4.79 Å². The molecule has 0 aliphatic carbocycles. The van der Waals surface area contributed by atoms with Gasteiger partial charge in [0.15, 0.2) is 6.23 Å². The molecule has 0 spiro atoms. The standard InChI is InChI=1S/C5H9NO3/c1-6(2)4-3-8-5(7)9-4/h4H,3H2,1-2H3/t4-/m0/s1. The Kier molecular flexibility index (Phi) is 1.57. The Morgan fingerprint density at radius 2 is 2.33 bits per heavy atom. The molecule has 0 aromatic carbocycles. The molecule has 1 aliphatic rings. The zero-order valence-electron chi connectivity index (χ0n) is 5.46. The van der Waals surface area contributed by atoms with Gasteiger partial charge in [0.2, 0.25) is 0 Å². The minimum atomic E-state index is -0.575. The minimum absolute atomic E-state index is 0.197. The molecule has 4 heteroatoms. The van der Waals surface area contributed by atoms with Gasteiger partial charge in [-0.3, -0.25) is 4.90 Å². The van der Waals surface area contributed by atoms with Crippen LogP contribution in [0.3, 0.4) is 0 Å². The average molecular weight is 131 g/mol. The smallest absolute Gasteiger partial charge is 0.429 e. The van der Waals surface area contributed by atoms with Gasteiger partial charge in [-0.05, 0) is 14.1 Å². The summed E-state index contributed by atoms with van der Waals surface area (Å²) in [7, 11) is 3.65.